The predicted octanol–water partition coefficient (Wildman–Crippen LogP) is 1.20. The lowest BCUT2D eigenvalue weighted by molar-refractivity contribution is 0.0594. The van der Waals surface area contributed by atoms with Crippen molar-refractivity contribution in [3.63, 3.8) is 0 Å². The fourth-order valence-electron chi connectivity index (χ4n) is 1.30. The molecule has 0 aliphatic carbocycles. The molecule has 15 heavy (non-hydrogen) atoms. The number of hydrogen-bond acceptors (Lipinski definition) is 3. The summed E-state index contributed by atoms with van der Waals surface area (Å²) in [4.78, 5) is 15.2. The topological polar surface area (TPSA) is 70.7 Å². The Labute approximate surface area is 86.8 Å². The highest BCUT2D eigenvalue weighted by Crippen LogP contribution is 2.13. The lowest BCUT2D eigenvalue weighted by Gasteiger charge is -2.00. The Morgan fingerprint density at radius 2 is 1.93 bits per heavy atom. The Kier molecular flexibility index (Phi) is 3.36. The van der Waals surface area contributed by atoms with E-state index in [-0.39, 0.29) is 5.48 Å². The summed E-state index contributed by atoms with van der Waals surface area (Å²) in [5.74, 6) is -0.407. The van der Waals surface area contributed by atoms with Gasteiger partial charge in [0.05, 0.1) is 7.11 Å². The van der Waals surface area contributed by atoms with Crippen LogP contribution in [-0.4, -0.2) is 23.5 Å². The van der Waals surface area contributed by atoms with Crippen LogP contribution in [0.2, 0.25) is 0 Å². The van der Waals surface area contributed by atoms with Crippen molar-refractivity contribution >= 4 is 16.7 Å². The zero-order chi connectivity index (χ0) is 9.97. The first-order chi connectivity index (χ1) is 6.81. The number of aromatic nitrogens is 1. The number of carbonyl (C=O) groups is 1. The molecule has 0 atom stereocenters. The first kappa shape index (κ1) is 11.1. The largest absolute Gasteiger partial charge is 0.464 e. The molecule has 2 rings (SSSR count). The van der Waals surface area contributed by atoms with Gasteiger partial charge in [0.25, 0.3) is 0 Å². The van der Waals surface area contributed by atoms with Gasteiger partial charge in [-0.1, -0.05) is 24.3 Å². The zero-order valence-electron chi connectivity index (χ0n) is 8.23. The minimum atomic E-state index is -0.407. The third-order valence-electron chi connectivity index (χ3n) is 2.03. The molecule has 0 saturated carbocycles. The predicted molar refractivity (Wildman–Crippen MR) is 56.7 cm³/mol. The molecule has 1 aromatic heterocycles. The first-order valence-corrected chi connectivity index (χ1v) is 4.24. The molecule has 0 aliphatic heterocycles. The maximum atomic E-state index is 11.2. The molecule has 4 heteroatoms. The van der Waals surface area contributed by atoms with E-state index >= 15 is 0 Å². The van der Waals surface area contributed by atoms with Gasteiger partial charge in [0.2, 0.25) is 0 Å². The van der Waals surface area contributed by atoms with Gasteiger partial charge in [-0.3, -0.25) is 0 Å². The molecule has 4 nitrogen and oxygen atoms in total. The summed E-state index contributed by atoms with van der Waals surface area (Å²) in [7, 11) is 1.35. The monoisotopic (exact) mass is 205 g/mol. The number of ether oxygens (including phenoxy) is 1. The van der Waals surface area contributed by atoms with Crippen LogP contribution in [0.25, 0.3) is 10.8 Å². The van der Waals surface area contributed by atoms with Crippen LogP contribution in [0.4, 0.5) is 0 Å². The number of rotatable bonds is 1. The molecule has 0 saturated heterocycles. The van der Waals surface area contributed by atoms with Crippen molar-refractivity contribution < 1.29 is 15.0 Å². The van der Waals surface area contributed by atoms with Gasteiger partial charge in [0.15, 0.2) is 0 Å². The van der Waals surface area contributed by atoms with Gasteiger partial charge in [-0.25, -0.2) is 9.78 Å². The Bertz CT molecular complexity index is 482. The normalized spacial score (nSPS) is 9.40. The summed E-state index contributed by atoms with van der Waals surface area (Å²) in [6.45, 7) is 0. The molecule has 2 N–H and O–H groups in total. The van der Waals surface area contributed by atoms with E-state index in [1.807, 2.05) is 24.3 Å². The zero-order valence-corrected chi connectivity index (χ0v) is 8.23. The Morgan fingerprint density at radius 3 is 2.60 bits per heavy atom. The fourth-order valence-corrected chi connectivity index (χ4v) is 1.30. The number of pyridine rings is 1. The van der Waals surface area contributed by atoms with Crippen LogP contribution >= 0.6 is 0 Å². The maximum absolute atomic E-state index is 11.2. The highest BCUT2D eigenvalue weighted by atomic mass is 16.5. The van der Waals surface area contributed by atoms with E-state index in [1.54, 1.807) is 12.3 Å². The summed E-state index contributed by atoms with van der Waals surface area (Å²) in [6.07, 6.45) is 1.67. The van der Waals surface area contributed by atoms with Gasteiger partial charge in [-0.15, -0.1) is 0 Å². The minimum Gasteiger partial charge on any atom is -0.464 e. The van der Waals surface area contributed by atoms with Crippen LogP contribution in [0.5, 0.6) is 0 Å². The van der Waals surface area contributed by atoms with Crippen molar-refractivity contribution in [1.29, 1.82) is 0 Å². The van der Waals surface area contributed by atoms with Crippen LogP contribution in [0.15, 0.2) is 36.5 Å². The van der Waals surface area contributed by atoms with Crippen molar-refractivity contribution in [2.75, 3.05) is 7.11 Å². The molecular weight excluding hydrogens is 194 g/mol. The summed E-state index contributed by atoms with van der Waals surface area (Å²) in [5.41, 5.74) is 0.339. The quantitative estimate of drug-likeness (QED) is 0.656. The molecule has 0 radical (unpaired) electrons. The van der Waals surface area contributed by atoms with Gasteiger partial charge < -0.3 is 10.2 Å². The number of carbonyl (C=O) groups excluding carboxylic acids is 1. The van der Waals surface area contributed by atoms with E-state index in [1.165, 1.54) is 7.11 Å². The van der Waals surface area contributed by atoms with E-state index in [0.717, 1.165) is 10.8 Å². The Morgan fingerprint density at radius 1 is 1.27 bits per heavy atom. The molecule has 0 unspecified atom stereocenters. The number of benzene rings is 1. The highest BCUT2D eigenvalue weighted by Gasteiger charge is 2.06. The third kappa shape index (κ3) is 2.11. The average Bonchev–Trinajstić information content (AvgIpc) is 2.27. The van der Waals surface area contributed by atoms with Crippen molar-refractivity contribution in [1.82, 2.24) is 4.98 Å². The van der Waals surface area contributed by atoms with E-state index in [2.05, 4.69) is 9.72 Å². The summed E-state index contributed by atoms with van der Waals surface area (Å²) in [6, 6.07) is 9.46. The van der Waals surface area contributed by atoms with Crippen molar-refractivity contribution in [2.45, 2.75) is 0 Å². The summed E-state index contributed by atoms with van der Waals surface area (Å²) >= 11 is 0. The molecule has 1 aromatic carbocycles. The lowest BCUT2D eigenvalue weighted by Crippen LogP contribution is -2.03. The van der Waals surface area contributed by atoms with Crippen molar-refractivity contribution in [3.05, 3.63) is 42.2 Å². The summed E-state index contributed by atoms with van der Waals surface area (Å²) < 4.78 is 4.58. The van der Waals surface area contributed by atoms with Gasteiger partial charge >= 0.3 is 5.97 Å². The number of hydrogen-bond donors (Lipinski definition) is 0. The van der Waals surface area contributed by atoms with Crippen LogP contribution in [0.3, 0.4) is 0 Å². The maximum Gasteiger partial charge on any atom is 0.356 e. The molecule has 0 fully saturated rings. The van der Waals surface area contributed by atoms with E-state index in [0.29, 0.717) is 5.69 Å². The minimum absolute atomic E-state index is 0. The number of esters is 1. The Hall–Kier alpha value is -1.94. The second-order valence-corrected chi connectivity index (χ2v) is 2.91. The van der Waals surface area contributed by atoms with Crippen LogP contribution in [0, 0.1) is 0 Å². The highest BCUT2D eigenvalue weighted by molar-refractivity contribution is 5.92. The van der Waals surface area contributed by atoms with Crippen LogP contribution < -0.4 is 0 Å². The first-order valence-electron chi connectivity index (χ1n) is 4.24. The fraction of sp³-hybridized carbons (Fsp3) is 0.0909. The van der Waals surface area contributed by atoms with E-state index < -0.39 is 5.97 Å². The van der Waals surface area contributed by atoms with Crippen molar-refractivity contribution in [2.24, 2.45) is 0 Å². The van der Waals surface area contributed by atoms with Crippen LogP contribution in [-0.2, 0) is 4.74 Å². The van der Waals surface area contributed by atoms with Crippen LogP contribution in [0.1, 0.15) is 10.5 Å². The second kappa shape index (κ2) is 4.52. The van der Waals surface area contributed by atoms with Gasteiger partial charge in [-0.2, -0.15) is 0 Å². The molecule has 78 valence electrons. The van der Waals surface area contributed by atoms with Crippen molar-refractivity contribution in [3.8, 4) is 0 Å². The molecule has 0 amide bonds. The van der Waals surface area contributed by atoms with Gasteiger partial charge in [-0.05, 0) is 11.5 Å². The number of methoxy groups -OCH3 is 1. The van der Waals surface area contributed by atoms with Gasteiger partial charge in [0.1, 0.15) is 5.69 Å². The molecule has 2 aromatic rings. The molecule has 1 heterocycles. The SMILES string of the molecule is COC(=O)c1cc2ccccc2cn1.O. The van der Waals surface area contributed by atoms with Gasteiger partial charge in [0, 0.05) is 11.6 Å². The summed E-state index contributed by atoms with van der Waals surface area (Å²) in [5, 5.41) is 2.00. The standard InChI is InChI=1S/C11H9NO2.H2O/c1-14-11(13)10-6-8-4-2-3-5-9(8)7-12-10;/h2-7H,1H3;1H2. The smallest absolute Gasteiger partial charge is 0.356 e. The second-order valence-electron chi connectivity index (χ2n) is 2.91. The van der Waals surface area contributed by atoms with E-state index in [4.69, 9.17) is 0 Å². The Balaban J connectivity index is 0.00000112. The molecule has 0 bridgehead atoms. The lowest BCUT2D eigenvalue weighted by atomic mass is 10.1. The molecular formula is C11H11NO3. The number of fused-ring (bicyclic) bond motifs is 1. The molecule has 0 spiro atoms. The number of nitrogens with zero attached hydrogens (tertiary/aromatic N) is 1. The molecule has 0 aliphatic rings. The third-order valence-corrected chi connectivity index (χ3v) is 2.03. The average molecular weight is 205 g/mol. The van der Waals surface area contributed by atoms with E-state index in [9.17, 15) is 4.79 Å².